The number of nitrogens with zero attached hydrogens (tertiary/aromatic N) is 1. The zero-order chi connectivity index (χ0) is 17.6. The molecule has 0 aliphatic carbocycles. The normalized spacial score (nSPS) is 19.6. The van der Waals surface area contributed by atoms with Gasteiger partial charge in [0.25, 0.3) is 0 Å². The third-order valence-electron chi connectivity index (χ3n) is 4.55. The van der Waals surface area contributed by atoms with Crippen LogP contribution in [0.5, 0.6) is 0 Å². The van der Waals surface area contributed by atoms with Gasteiger partial charge in [0, 0.05) is 46.1 Å². The van der Waals surface area contributed by atoms with Gasteiger partial charge < -0.3 is 24.8 Å². The first-order valence-corrected chi connectivity index (χ1v) is 9.81. The Morgan fingerprint density at radius 2 is 2.12 bits per heavy atom. The molecule has 0 atom stereocenters. The fourth-order valence-corrected chi connectivity index (χ4v) is 3.00. The monoisotopic (exact) mass is 353 g/mol. The van der Waals surface area contributed by atoms with Crippen LogP contribution in [0.25, 0.3) is 0 Å². The fraction of sp³-hybridized carbons (Fsp3) is 0.842. The van der Waals surface area contributed by atoms with Gasteiger partial charge in [-0.1, -0.05) is 11.6 Å². The highest BCUT2D eigenvalue weighted by atomic mass is 16.5. The Hall–Kier alpha value is -1.11. The molecule has 1 fully saturated rings. The lowest BCUT2D eigenvalue weighted by molar-refractivity contribution is 0.0205. The van der Waals surface area contributed by atoms with Crippen LogP contribution in [0.2, 0.25) is 0 Å². The van der Waals surface area contributed by atoms with Gasteiger partial charge in [0.2, 0.25) is 0 Å². The summed E-state index contributed by atoms with van der Waals surface area (Å²) in [6.45, 7) is 9.72. The van der Waals surface area contributed by atoms with Crippen molar-refractivity contribution in [3.63, 3.8) is 0 Å². The molecule has 0 radical (unpaired) electrons. The van der Waals surface area contributed by atoms with Crippen LogP contribution in [-0.2, 0) is 14.2 Å². The van der Waals surface area contributed by atoms with Crippen LogP contribution in [-0.4, -0.2) is 65.2 Å². The SMILES string of the molecule is CCNC(=NCCCOCC1CCOCC1)NCCC1=CCOCC1. The molecule has 25 heavy (non-hydrogen) atoms. The van der Waals surface area contributed by atoms with E-state index < -0.39 is 0 Å². The van der Waals surface area contributed by atoms with E-state index in [2.05, 4.69) is 28.6 Å². The van der Waals surface area contributed by atoms with Gasteiger partial charge in [-0.3, -0.25) is 4.99 Å². The number of aliphatic imine (C=N–C) groups is 1. The molecular formula is C19H35N3O3. The van der Waals surface area contributed by atoms with Gasteiger partial charge >= 0.3 is 0 Å². The highest BCUT2D eigenvalue weighted by Gasteiger charge is 2.13. The van der Waals surface area contributed by atoms with Crippen LogP contribution in [0.3, 0.4) is 0 Å². The van der Waals surface area contributed by atoms with E-state index in [0.29, 0.717) is 5.92 Å². The Kier molecular flexibility index (Phi) is 10.6. The van der Waals surface area contributed by atoms with Crippen molar-refractivity contribution < 1.29 is 14.2 Å². The second kappa shape index (κ2) is 13.1. The molecular weight excluding hydrogens is 318 g/mol. The fourth-order valence-electron chi connectivity index (χ4n) is 3.00. The first-order chi connectivity index (χ1) is 12.4. The smallest absolute Gasteiger partial charge is 0.191 e. The Morgan fingerprint density at radius 3 is 2.88 bits per heavy atom. The summed E-state index contributed by atoms with van der Waals surface area (Å²) >= 11 is 0. The topological polar surface area (TPSA) is 64.1 Å². The molecule has 0 saturated carbocycles. The van der Waals surface area contributed by atoms with Gasteiger partial charge in [0.05, 0.1) is 13.2 Å². The zero-order valence-electron chi connectivity index (χ0n) is 15.7. The molecule has 144 valence electrons. The van der Waals surface area contributed by atoms with Crippen molar-refractivity contribution in [3.05, 3.63) is 11.6 Å². The number of nitrogens with one attached hydrogen (secondary N) is 2. The number of hydrogen-bond donors (Lipinski definition) is 2. The molecule has 6 heteroatoms. The highest BCUT2D eigenvalue weighted by molar-refractivity contribution is 5.79. The van der Waals surface area contributed by atoms with Crippen molar-refractivity contribution in [2.45, 2.75) is 39.0 Å². The van der Waals surface area contributed by atoms with Gasteiger partial charge in [-0.25, -0.2) is 0 Å². The summed E-state index contributed by atoms with van der Waals surface area (Å²) in [6, 6.07) is 0. The Labute approximate surface area is 152 Å². The minimum atomic E-state index is 0.677. The van der Waals surface area contributed by atoms with Gasteiger partial charge in [0.15, 0.2) is 5.96 Å². The molecule has 2 N–H and O–H groups in total. The van der Waals surface area contributed by atoms with Crippen molar-refractivity contribution in [1.29, 1.82) is 0 Å². The molecule has 0 bridgehead atoms. The standard InChI is InChI=1S/C19H35N3O3/c1-2-20-19(22-10-4-17-5-12-23-13-6-17)21-9-3-11-25-16-18-7-14-24-15-8-18/h5,18H,2-4,6-16H2,1H3,(H2,20,21,22). The Morgan fingerprint density at radius 1 is 1.24 bits per heavy atom. The summed E-state index contributed by atoms with van der Waals surface area (Å²) in [6.07, 6.45) is 7.54. The molecule has 0 amide bonds. The van der Waals surface area contributed by atoms with Crippen LogP contribution in [0.4, 0.5) is 0 Å². The van der Waals surface area contributed by atoms with E-state index in [1.807, 2.05) is 0 Å². The maximum Gasteiger partial charge on any atom is 0.191 e. The molecule has 0 aromatic heterocycles. The van der Waals surface area contributed by atoms with Gasteiger partial charge in [-0.05, 0) is 44.9 Å². The predicted molar refractivity (Wildman–Crippen MR) is 101 cm³/mol. The van der Waals surface area contributed by atoms with Crippen LogP contribution >= 0.6 is 0 Å². The average Bonchev–Trinajstić information content (AvgIpc) is 2.66. The van der Waals surface area contributed by atoms with Crippen molar-refractivity contribution >= 4 is 5.96 Å². The summed E-state index contributed by atoms with van der Waals surface area (Å²) in [4.78, 5) is 4.63. The first-order valence-electron chi connectivity index (χ1n) is 9.81. The number of hydrogen-bond acceptors (Lipinski definition) is 4. The summed E-state index contributed by atoms with van der Waals surface area (Å²) in [5.74, 6) is 1.58. The van der Waals surface area contributed by atoms with Crippen LogP contribution in [0.15, 0.2) is 16.6 Å². The Bertz CT molecular complexity index is 407. The van der Waals surface area contributed by atoms with E-state index in [1.165, 1.54) is 5.57 Å². The highest BCUT2D eigenvalue weighted by Crippen LogP contribution is 2.14. The van der Waals surface area contributed by atoms with E-state index in [9.17, 15) is 0 Å². The molecule has 1 saturated heterocycles. The lowest BCUT2D eigenvalue weighted by Crippen LogP contribution is -2.38. The van der Waals surface area contributed by atoms with E-state index >= 15 is 0 Å². The molecule has 2 aliphatic rings. The maximum atomic E-state index is 5.79. The van der Waals surface area contributed by atoms with E-state index in [-0.39, 0.29) is 0 Å². The number of rotatable bonds is 10. The predicted octanol–water partition coefficient (Wildman–Crippen LogP) is 2.11. The summed E-state index contributed by atoms with van der Waals surface area (Å²) in [5, 5.41) is 6.72. The maximum absolute atomic E-state index is 5.79. The largest absolute Gasteiger partial charge is 0.381 e. The molecule has 0 aromatic carbocycles. The second-order valence-corrected chi connectivity index (χ2v) is 6.61. The minimum Gasteiger partial charge on any atom is -0.381 e. The van der Waals surface area contributed by atoms with Crippen molar-refractivity contribution in [3.8, 4) is 0 Å². The zero-order valence-corrected chi connectivity index (χ0v) is 15.7. The third kappa shape index (κ3) is 9.23. The van der Waals surface area contributed by atoms with Crippen molar-refractivity contribution in [1.82, 2.24) is 10.6 Å². The first kappa shape index (κ1) is 20.2. The lowest BCUT2D eigenvalue weighted by Gasteiger charge is -2.21. The minimum absolute atomic E-state index is 0.677. The molecule has 2 aliphatic heterocycles. The number of guanidine groups is 1. The van der Waals surface area contributed by atoms with Crippen molar-refractivity contribution in [2.75, 3.05) is 59.3 Å². The van der Waals surface area contributed by atoms with E-state index in [0.717, 1.165) is 97.3 Å². The molecule has 0 unspecified atom stereocenters. The summed E-state index contributed by atoms with van der Waals surface area (Å²) in [5.41, 5.74) is 1.48. The quantitative estimate of drug-likeness (QED) is 0.273. The van der Waals surface area contributed by atoms with E-state index in [4.69, 9.17) is 14.2 Å². The lowest BCUT2D eigenvalue weighted by atomic mass is 10.0. The average molecular weight is 354 g/mol. The summed E-state index contributed by atoms with van der Waals surface area (Å²) < 4.78 is 16.5. The van der Waals surface area contributed by atoms with E-state index in [1.54, 1.807) is 0 Å². The van der Waals surface area contributed by atoms with Gasteiger partial charge in [-0.15, -0.1) is 0 Å². The van der Waals surface area contributed by atoms with Gasteiger partial charge in [0.1, 0.15) is 0 Å². The van der Waals surface area contributed by atoms with Crippen LogP contribution in [0, 0.1) is 5.92 Å². The molecule has 6 nitrogen and oxygen atoms in total. The molecule has 2 heterocycles. The second-order valence-electron chi connectivity index (χ2n) is 6.61. The molecule has 0 spiro atoms. The van der Waals surface area contributed by atoms with Crippen LogP contribution in [0.1, 0.15) is 39.0 Å². The summed E-state index contributed by atoms with van der Waals surface area (Å²) in [7, 11) is 0. The van der Waals surface area contributed by atoms with Crippen molar-refractivity contribution in [2.24, 2.45) is 10.9 Å². The number of ether oxygens (including phenoxy) is 3. The van der Waals surface area contributed by atoms with Crippen LogP contribution < -0.4 is 10.6 Å². The Balaban J connectivity index is 1.54. The molecule has 2 rings (SSSR count). The van der Waals surface area contributed by atoms with Gasteiger partial charge in [-0.2, -0.15) is 0 Å². The third-order valence-corrected chi connectivity index (χ3v) is 4.55. The molecule has 0 aromatic rings.